The van der Waals surface area contributed by atoms with E-state index in [4.69, 9.17) is 21.1 Å². The van der Waals surface area contributed by atoms with Crippen molar-refractivity contribution in [1.82, 2.24) is 9.97 Å². The topological polar surface area (TPSA) is 68.3 Å². The molecular formula is C19H19ClN4O2. The van der Waals surface area contributed by atoms with Gasteiger partial charge in [-0.1, -0.05) is 11.6 Å². The van der Waals surface area contributed by atoms with Crippen LogP contribution in [0.3, 0.4) is 0 Å². The average molecular weight is 371 g/mol. The quantitative estimate of drug-likeness (QED) is 0.640. The fraction of sp³-hybridized carbons (Fsp3) is 0.158. The van der Waals surface area contributed by atoms with Gasteiger partial charge >= 0.3 is 0 Å². The molecule has 134 valence electrons. The van der Waals surface area contributed by atoms with Crippen molar-refractivity contribution in [2.75, 3.05) is 24.9 Å². The summed E-state index contributed by atoms with van der Waals surface area (Å²) in [5.41, 5.74) is 2.46. The average Bonchev–Trinajstić information content (AvgIpc) is 2.63. The van der Waals surface area contributed by atoms with Gasteiger partial charge in [-0.15, -0.1) is 0 Å². The van der Waals surface area contributed by atoms with Crippen LogP contribution < -0.4 is 20.1 Å². The SMILES string of the molecule is COc1ccc(Nc2cc(C)nc(Nc3ccc(Cl)cc3)n2)c(OC)c1. The van der Waals surface area contributed by atoms with Gasteiger partial charge in [0.25, 0.3) is 0 Å². The van der Waals surface area contributed by atoms with Crippen LogP contribution in [-0.4, -0.2) is 24.2 Å². The molecule has 0 bridgehead atoms. The number of ether oxygens (including phenoxy) is 2. The van der Waals surface area contributed by atoms with Crippen molar-refractivity contribution in [3.8, 4) is 11.5 Å². The molecule has 0 unspecified atom stereocenters. The van der Waals surface area contributed by atoms with Crippen molar-refractivity contribution in [3.05, 3.63) is 59.2 Å². The second-order valence-electron chi connectivity index (χ2n) is 5.54. The summed E-state index contributed by atoms with van der Waals surface area (Å²) in [6.45, 7) is 1.91. The molecular weight excluding hydrogens is 352 g/mol. The van der Waals surface area contributed by atoms with Gasteiger partial charge in [0.1, 0.15) is 17.3 Å². The Morgan fingerprint density at radius 2 is 1.65 bits per heavy atom. The predicted octanol–water partition coefficient (Wildman–Crippen LogP) is 4.94. The van der Waals surface area contributed by atoms with Gasteiger partial charge in [-0.3, -0.25) is 0 Å². The van der Waals surface area contributed by atoms with Crippen LogP contribution in [0.5, 0.6) is 11.5 Å². The predicted molar refractivity (Wildman–Crippen MR) is 104 cm³/mol. The Labute approximate surface area is 157 Å². The van der Waals surface area contributed by atoms with Crippen LogP contribution in [0, 0.1) is 6.92 Å². The largest absolute Gasteiger partial charge is 0.497 e. The number of aromatic nitrogens is 2. The molecule has 2 N–H and O–H groups in total. The first-order valence-corrected chi connectivity index (χ1v) is 8.32. The number of anilines is 4. The third kappa shape index (κ3) is 4.34. The zero-order valence-corrected chi connectivity index (χ0v) is 15.5. The molecule has 0 aliphatic heterocycles. The van der Waals surface area contributed by atoms with E-state index in [1.807, 2.05) is 43.3 Å². The normalized spacial score (nSPS) is 10.3. The molecule has 0 fully saturated rings. The first kappa shape index (κ1) is 17.8. The maximum absolute atomic E-state index is 5.92. The molecule has 0 saturated carbocycles. The standard InChI is InChI=1S/C19H19ClN4O2/c1-12-10-18(23-16-9-8-15(25-2)11-17(16)26-3)24-19(21-12)22-14-6-4-13(20)5-7-14/h4-11H,1-3H3,(H2,21,22,23,24). The Hall–Kier alpha value is -2.99. The minimum absolute atomic E-state index is 0.488. The highest BCUT2D eigenvalue weighted by molar-refractivity contribution is 6.30. The highest BCUT2D eigenvalue weighted by Crippen LogP contribution is 2.31. The molecule has 0 aliphatic carbocycles. The number of nitrogens with one attached hydrogen (secondary N) is 2. The van der Waals surface area contributed by atoms with Crippen LogP contribution in [0.1, 0.15) is 5.69 Å². The van der Waals surface area contributed by atoms with Gasteiger partial charge in [0.2, 0.25) is 5.95 Å². The molecule has 0 amide bonds. The fourth-order valence-electron chi connectivity index (χ4n) is 2.39. The smallest absolute Gasteiger partial charge is 0.229 e. The highest BCUT2D eigenvalue weighted by Gasteiger charge is 2.08. The van der Waals surface area contributed by atoms with Crippen molar-refractivity contribution < 1.29 is 9.47 Å². The van der Waals surface area contributed by atoms with Crippen LogP contribution in [0.4, 0.5) is 23.1 Å². The molecule has 1 heterocycles. The second-order valence-corrected chi connectivity index (χ2v) is 5.98. The molecule has 3 aromatic rings. The molecule has 0 radical (unpaired) electrons. The molecule has 3 rings (SSSR count). The second kappa shape index (κ2) is 7.93. The van der Waals surface area contributed by atoms with Crippen LogP contribution in [0.15, 0.2) is 48.5 Å². The van der Waals surface area contributed by atoms with Gasteiger partial charge < -0.3 is 20.1 Å². The minimum Gasteiger partial charge on any atom is -0.497 e. The number of rotatable bonds is 6. The number of hydrogen-bond donors (Lipinski definition) is 2. The molecule has 7 heteroatoms. The summed E-state index contributed by atoms with van der Waals surface area (Å²) < 4.78 is 10.6. The first-order chi connectivity index (χ1) is 12.6. The molecule has 1 aromatic heterocycles. The summed E-state index contributed by atoms with van der Waals surface area (Å²) in [4.78, 5) is 8.93. The zero-order valence-electron chi connectivity index (χ0n) is 14.7. The molecule has 6 nitrogen and oxygen atoms in total. The van der Waals surface area contributed by atoms with Gasteiger partial charge in [0.15, 0.2) is 0 Å². The van der Waals surface area contributed by atoms with E-state index in [-0.39, 0.29) is 0 Å². The Bertz CT molecular complexity index is 901. The molecule has 2 aromatic carbocycles. The monoisotopic (exact) mass is 370 g/mol. The zero-order chi connectivity index (χ0) is 18.5. The third-order valence-corrected chi connectivity index (χ3v) is 3.88. The Morgan fingerprint density at radius 3 is 2.35 bits per heavy atom. The first-order valence-electron chi connectivity index (χ1n) is 7.94. The van der Waals surface area contributed by atoms with E-state index in [0.717, 1.165) is 22.8 Å². The number of halogens is 1. The lowest BCUT2D eigenvalue weighted by Gasteiger charge is -2.13. The van der Waals surface area contributed by atoms with Crippen molar-refractivity contribution in [2.24, 2.45) is 0 Å². The van der Waals surface area contributed by atoms with Crippen LogP contribution >= 0.6 is 11.6 Å². The van der Waals surface area contributed by atoms with Gasteiger partial charge in [-0.05, 0) is 43.3 Å². The fourth-order valence-corrected chi connectivity index (χ4v) is 2.52. The van der Waals surface area contributed by atoms with E-state index in [2.05, 4.69) is 20.6 Å². The number of methoxy groups -OCH3 is 2. The van der Waals surface area contributed by atoms with Crippen molar-refractivity contribution in [3.63, 3.8) is 0 Å². The summed E-state index contributed by atoms with van der Waals surface area (Å²) in [5.74, 6) is 2.52. The molecule has 0 atom stereocenters. The molecule has 26 heavy (non-hydrogen) atoms. The summed E-state index contributed by atoms with van der Waals surface area (Å²) in [6.07, 6.45) is 0. The van der Waals surface area contributed by atoms with E-state index < -0.39 is 0 Å². The lowest BCUT2D eigenvalue weighted by Crippen LogP contribution is -2.03. The minimum atomic E-state index is 0.488. The Kier molecular flexibility index (Phi) is 5.43. The van der Waals surface area contributed by atoms with Crippen molar-refractivity contribution in [1.29, 1.82) is 0 Å². The van der Waals surface area contributed by atoms with Crippen molar-refractivity contribution >= 4 is 34.7 Å². The lowest BCUT2D eigenvalue weighted by atomic mass is 10.2. The van der Waals surface area contributed by atoms with E-state index in [1.165, 1.54) is 0 Å². The lowest BCUT2D eigenvalue weighted by molar-refractivity contribution is 0.395. The van der Waals surface area contributed by atoms with E-state index in [9.17, 15) is 0 Å². The Morgan fingerprint density at radius 1 is 0.885 bits per heavy atom. The number of aryl methyl sites for hydroxylation is 1. The van der Waals surface area contributed by atoms with Crippen LogP contribution in [0.2, 0.25) is 5.02 Å². The molecule has 0 aliphatic rings. The summed E-state index contributed by atoms with van der Waals surface area (Å²) in [7, 11) is 3.23. The molecule has 0 spiro atoms. The number of hydrogen-bond acceptors (Lipinski definition) is 6. The maximum Gasteiger partial charge on any atom is 0.229 e. The van der Waals surface area contributed by atoms with Gasteiger partial charge in [-0.25, -0.2) is 4.98 Å². The van der Waals surface area contributed by atoms with Crippen molar-refractivity contribution in [2.45, 2.75) is 6.92 Å². The third-order valence-electron chi connectivity index (χ3n) is 3.63. The van der Waals surface area contributed by atoms with E-state index in [0.29, 0.717) is 22.5 Å². The Balaban J connectivity index is 1.85. The van der Waals surface area contributed by atoms with E-state index >= 15 is 0 Å². The summed E-state index contributed by atoms with van der Waals surface area (Å²) >= 11 is 5.92. The van der Waals surface area contributed by atoms with Crippen LogP contribution in [0.25, 0.3) is 0 Å². The molecule has 0 saturated heterocycles. The number of benzene rings is 2. The summed E-state index contributed by atoms with van der Waals surface area (Å²) in [5, 5.41) is 7.11. The van der Waals surface area contributed by atoms with E-state index in [1.54, 1.807) is 26.4 Å². The number of nitrogens with zero attached hydrogens (tertiary/aromatic N) is 2. The van der Waals surface area contributed by atoms with Gasteiger partial charge in [0, 0.05) is 28.5 Å². The summed E-state index contributed by atoms with van der Waals surface area (Å²) in [6, 6.07) is 14.7. The van der Waals surface area contributed by atoms with Gasteiger partial charge in [-0.2, -0.15) is 4.98 Å². The maximum atomic E-state index is 5.92. The van der Waals surface area contributed by atoms with Crippen LogP contribution in [-0.2, 0) is 0 Å². The van der Waals surface area contributed by atoms with Gasteiger partial charge in [0.05, 0.1) is 19.9 Å². The highest BCUT2D eigenvalue weighted by atomic mass is 35.5.